The summed E-state index contributed by atoms with van der Waals surface area (Å²) < 4.78 is 0. The Morgan fingerprint density at radius 2 is 1.91 bits per heavy atom. The molecule has 0 saturated carbocycles. The molecule has 126 valence electrons. The van der Waals surface area contributed by atoms with E-state index in [1.807, 2.05) is 13.8 Å². The lowest BCUT2D eigenvalue weighted by atomic mass is 9.96. The Kier molecular flexibility index (Phi) is 9.10. The first-order valence-corrected chi connectivity index (χ1v) is 9.29. The average molecular weight is 326 g/mol. The molecular weight excluding hydrogens is 294 g/mol. The van der Waals surface area contributed by atoms with Crippen molar-refractivity contribution in [2.75, 3.05) is 11.5 Å². The third-order valence-electron chi connectivity index (χ3n) is 4.17. The Labute approximate surface area is 139 Å². The molecule has 0 bridgehead atoms. The highest BCUT2D eigenvalue weighted by Crippen LogP contribution is 2.16. The lowest BCUT2D eigenvalue weighted by molar-refractivity contribution is 0.0306. The van der Waals surface area contributed by atoms with Crippen molar-refractivity contribution in [3.05, 3.63) is 36.0 Å². The molecule has 0 spiro atoms. The van der Waals surface area contributed by atoms with Crippen LogP contribution in [-0.2, 0) is 0 Å². The normalized spacial score (nSPS) is 20.4. The minimum atomic E-state index is -0.577. The summed E-state index contributed by atoms with van der Waals surface area (Å²) in [6, 6.07) is -0.123. The Balaban J connectivity index is 2.30. The van der Waals surface area contributed by atoms with Gasteiger partial charge in [-0.1, -0.05) is 51.2 Å². The second-order valence-electron chi connectivity index (χ2n) is 6.39. The van der Waals surface area contributed by atoms with Crippen molar-refractivity contribution in [1.29, 1.82) is 0 Å². The van der Waals surface area contributed by atoms with Crippen molar-refractivity contribution in [3.63, 3.8) is 0 Å². The summed E-state index contributed by atoms with van der Waals surface area (Å²) in [6.45, 7) is 8.13. The van der Waals surface area contributed by atoms with Gasteiger partial charge in [0.2, 0.25) is 0 Å². The monoisotopic (exact) mass is 325 g/mol. The summed E-state index contributed by atoms with van der Waals surface area (Å²) in [5.41, 5.74) is 1.28. The molecule has 0 amide bonds. The van der Waals surface area contributed by atoms with Gasteiger partial charge in [-0.2, -0.15) is 11.8 Å². The molecule has 1 aliphatic carbocycles. The van der Waals surface area contributed by atoms with Crippen molar-refractivity contribution < 1.29 is 10.2 Å². The van der Waals surface area contributed by atoms with E-state index in [1.54, 1.807) is 11.8 Å². The fourth-order valence-electron chi connectivity index (χ4n) is 2.06. The number of aliphatic hydroxyl groups excluding tert-OH is 2. The summed E-state index contributed by atoms with van der Waals surface area (Å²) in [6.07, 6.45) is 10.6. The van der Waals surface area contributed by atoms with E-state index >= 15 is 0 Å². The van der Waals surface area contributed by atoms with Crippen LogP contribution in [0.15, 0.2) is 36.0 Å². The van der Waals surface area contributed by atoms with Crippen LogP contribution in [0.3, 0.4) is 0 Å². The number of rotatable bonds is 9. The van der Waals surface area contributed by atoms with Crippen LogP contribution in [-0.4, -0.2) is 40.1 Å². The quantitative estimate of drug-likeness (QED) is 0.570. The number of hydrogen-bond donors (Lipinski definition) is 3. The van der Waals surface area contributed by atoms with Gasteiger partial charge in [0.15, 0.2) is 0 Å². The van der Waals surface area contributed by atoms with Gasteiger partial charge in [-0.3, -0.25) is 5.32 Å². The van der Waals surface area contributed by atoms with Gasteiger partial charge in [0.05, 0.1) is 6.10 Å². The maximum Gasteiger partial charge on any atom is 0.108 e. The Hall–Kier alpha value is -0.550. The van der Waals surface area contributed by atoms with E-state index < -0.39 is 12.3 Å². The zero-order valence-corrected chi connectivity index (χ0v) is 15.0. The van der Waals surface area contributed by atoms with Gasteiger partial charge in [0.25, 0.3) is 0 Å². The molecule has 0 heterocycles. The third kappa shape index (κ3) is 7.14. The molecule has 4 heteroatoms. The number of nitrogens with one attached hydrogen (secondary N) is 1. The molecule has 0 aromatic heterocycles. The number of aliphatic hydroxyl groups is 2. The van der Waals surface area contributed by atoms with E-state index in [9.17, 15) is 10.2 Å². The molecule has 3 N–H and O–H groups in total. The number of thioether (sulfide) groups is 1. The van der Waals surface area contributed by atoms with Crippen LogP contribution < -0.4 is 5.32 Å². The number of allylic oxidation sites excluding steroid dienone is 5. The predicted octanol–water partition coefficient (Wildman–Crippen LogP) is 3.11. The van der Waals surface area contributed by atoms with E-state index in [-0.39, 0.29) is 12.0 Å². The van der Waals surface area contributed by atoms with Gasteiger partial charge in [-0.15, -0.1) is 0 Å². The van der Waals surface area contributed by atoms with Gasteiger partial charge in [0.1, 0.15) is 6.23 Å². The minimum absolute atomic E-state index is 0.123. The summed E-state index contributed by atoms with van der Waals surface area (Å²) in [7, 11) is 0. The fourth-order valence-corrected chi connectivity index (χ4v) is 3.13. The van der Waals surface area contributed by atoms with Gasteiger partial charge in [-0.05, 0) is 30.8 Å². The molecule has 1 rings (SSSR count). The van der Waals surface area contributed by atoms with Crippen LogP contribution in [0.5, 0.6) is 0 Å². The van der Waals surface area contributed by atoms with E-state index in [0.717, 1.165) is 12.2 Å². The largest absolute Gasteiger partial charge is 0.391 e. The van der Waals surface area contributed by atoms with Gasteiger partial charge >= 0.3 is 0 Å². The zero-order valence-electron chi connectivity index (χ0n) is 14.2. The summed E-state index contributed by atoms with van der Waals surface area (Å²) >= 11 is 1.72. The van der Waals surface area contributed by atoms with Crippen LogP contribution in [0, 0.1) is 11.8 Å². The molecule has 0 radical (unpaired) electrons. The predicted molar refractivity (Wildman–Crippen MR) is 96.9 cm³/mol. The smallest absolute Gasteiger partial charge is 0.108 e. The summed E-state index contributed by atoms with van der Waals surface area (Å²) in [5.74, 6) is 2.13. The van der Waals surface area contributed by atoms with Crippen LogP contribution in [0.25, 0.3) is 0 Å². The van der Waals surface area contributed by atoms with E-state index in [0.29, 0.717) is 11.7 Å². The first-order chi connectivity index (χ1) is 10.4. The molecule has 0 aliphatic heterocycles. The van der Waals surface area contributed by atoms with Crippen molar-refractivity contribution in [3.8, 4) is 0 Å². The molecule has 3 nitrogen and oxygen atoms in total. The summed E-state index contributed by atoms with van der Waals surface area (Å²) in [5, 5.41) is 23.5. The lowest BCUT2D eigenvalue weighted by Crippen LogP contribution is -2.48. The average Bonchev–Trinajstić information content (AvgIpc) is 2.74. The molecule has 22 heavy (non-hydrogen) atoms. The van der Waals surface area contributed by atoms with Crippen molar-refractivity contribution in [1.82, 2.24) is 5.32 Å². The number of hydrogen-bond acceptors (Lipinski definition) is 4. The highest BCUT2D eigenvalue weighted by Gasteiger charge is 2.22. The van der Waals surface area contributed by atoms with Crippen LogP contribution in [0.4, 0.5) is 0 Å². The first kappa shape index (κ1) is 19.5. The SMILES string of the molecule is CC(C)C(C)[C@H](O)N[C@H](C)[C@@H](O)CSCC1=CC=CCC=C1. The molecular formula is C18H31NO2S. The molecule has 1 unspecified atom stereocenters. The van der Waals surface area contributed by atoms with Crippen LogP contribution in [0.1, 0.15) is 34.1 Å². The molecule has 0 saturated heterocycles. The maximum absolute atomic E-state index is 10.2. The lowest BCUT2D eigenvalue weighted by Gasteiger charge is -2.28. The fraction of sp³-hybridized carbons (Fsp3) is 0.667. The first-order valence-electron chi connectivity index (χ1n) is 8.14. The van der Waals surface area contributed by atoms with Crippen LogP contribution in [0.2, 0.25) is 0 Å². The second-order valence-corrected chi connectivity index (χ2v) is 7.42. The molecule has 0 fully saturated rings. The maximum atomic E-state index is 10.2. The Bertz CT molecular complexity index is 404. The minimum Gasteiger partial charge on any atom is -0.391 e. The topological polar surface area (TPSA) is 52.5 Å². The molecule has 1 aliphatic rings. The highest BCUT2D eigenvalue weighted by molar-refractivity contribution is 7.99. The second kappa shape index (κ2) is 10.3. The van der Waals surface area contributed by atoms with E-state index in [4.69, 9.17) is 0 Å². The molecule has 0 aromatic rings. The standard InChI is InChI=1S/C18H31NO2S/c1-13(2)14(3)18(21)19-15(4)17(20)12-22-11-16-9-7-5-6-8-10-16/h5,7-10,13-15,17-21H,6,11-12H2,1-4H3/t14?,15-,17+,18+/m1/s1. The van der Waals surface area contributed by atoms with Crippen molar-refractivity contribution in [2.24, 2.45) is 11.8 Å². The van der Waals surface area contributed by atoms with E-state index in [1.165, 1.54) is 5.57 Å². The van der Waals surface area contributed by atoms with Gasteiger partial charge in [0, 0.05) is 17.5 Å². The van der Waals surface area contributed by atoms with Crippen LogP contribution >= 0.6 is 11.8 Å². The highest BCUT2D eigenvalue weighted by atomic mass is 32.2. The van der Waals surface area contributed by atoms with Gasteiger partial charge < -0.3 is 10.2 Å². The Morgan fingerprint density at radius 1 is 1.18 bits per heavy atom. The summed E-state index contributed by atoms with van der Waals surface area (Å²) in [4.78, 5) is 0. The van der Waals surface area contributed by atoms with Crippen molar-refractivity contribution >= 4 is 11.8 Å². The van der Waals surface area contributed by atoms with Crippen molar-refractivity contribution in [2.45, 2.75) is 52.5 Å². The molecule has 0 aromatic carbocycles. The van der Waals surface area contributed by atoms with Gasteiger partial charge in [-0.25, -0.2) is 0 Å². The molecule has 4 atom stereocenters. The third-order valence-corrected chi connectivity index (χ3v) is 5.28. The zero-order chi connectivity index (χ0) is 16.5. The van der Waals surface area contributed by atoms with E-state index in [2.05, 4.69) is 49.5 Å². The Morgan fingerprint density at radius 3 is 2.59 bits per heavy atom.